The number of nitrogens with two attached hydrogens (primary N) is 1. The highest BCUT2D eigenvalue weighted by molar-refractivity contribution is 5.69. The van der Waals surface area contributed by atoms with Crippen LogP contribution in [0.1, 0.15) is 6.92 Å². The molecule has 0 saturated carbocycles. The van der Waals surface area contributed by atoms with Crippen LogP contribution in [0, 0.1) is 0 Å². The Labute approximate surface area is 87.9 Å². The molecule has 0 aliphatic carbocycles. The van der Waals surface area contributed by atoms with E-state index < -0.39 is 0 Å². The third-order valence-electron chi connectivity index (χ3n) is 2.04. The normalized spacial score (nSPS) is 13.0. The molecule has 1 unspecified atom stereocenters. The molecule has 2 aromatic heterocycles. The Bertz CT molecular complexity index is 418. The first-order valence-corrected chi connectivity index (χ1v) is 4.85. The standard InChI is InChI=1S/C10H14N4O/c1-7(11)6-14(2)10-13-8-4-3-5-12-9(8)15-10/h3-5,7H,6,11H2,1-2H3. The van der Waals surface area contributed by atoms with Crippen LogP contribution in [0.15, 0.2) is 22.7 Å². The number of rotatable bonds is 3. The number of fused-ring (bicyclic) bond motifs is 1. The van der Waals surface area contributed by atoms with Gasteiger partial charge in [0.15, 0.2) is 0 Å². The fourth-order valence-corrected chi connectivity index (χ4v) is 1.43. The minimum absolute atomic E-state index is 0.0815. The van der Waals surface area contributed by atoms with Gasteiger partial charge in [0.05, 0.1) is 0 Å². The molecule has 0 radical (unpaired) electrons. The second-order valence-electron chi connectivity index (χ2n) is 3.68. The van der Waals surface area contributed by atoms with Crippen LogP contribution in [-0.2, 0) is 0 Å². The lowest BCUT2D eigenvalue weighted by Gasteiger charge is -2.16. The number of oxazole rings is 1. The van der Waals surface area contributed by atoms with Crippen LogP contribution < -0.4 is 10.6 Å². The van der Waals surface area contributed by atoms with E-state index in [0.717, 1.165) is 5.52 Å². The van der Waals surface area contributed by atoms with E-state index in [2.05, 4.69) is 9.97 Å². The second-order valence-corrected chi connectivity index (χ2v) is 3.68. The highest BCUT2D eigenvalue weighted by Gasteiger charge is 2.11. The van der Waals surface area contributed by atoms with Crippen LogP contribution >= 0.6 is 0 Å². The molecule has 2 N–H and O–H groups in total. The first kappa shape index (κ1) is 9.92. The van der Waals surface area contributed by atoms with Gasteiger partial charge >= 0.3 is 0 Å². The van der Waals surface area contributed by atoms with E-state index in [4.69, 9.17) is 10.2 Å². The maximum absolute atomic E-state index is 5.70. The summed E-state index contributed by atoms with van der Waals surface area (Å²) >= 11 is 0. The van der Waals surface area contributed by atoms with Gasteiger partial charge in [0.1, 0.15) is 5.52 Å². The first-order chi connectivity index (χ1) is 7.16. The van der Waals surface area contributed by atoms with Crippen LogP contribution in [0.25, 0.3) is 11.2 Å². The minimum atomic E-state index is 0.0815. The zero-order valence-corrected chi connectivity index (χ0v) is 8.84. The summed E-state index contributed by atoms with van der Waals surface area (Å²) in [5.74, 6) is 0. The molecule has 5 nitrogen and oxygen atoms in total. The maximum Gasteiger partial charge on any atom is 0.299 e. The predicted molar refractivity (Wildman–Crippen MR) is 58.7 cm³/mol. The summed E-state index contributed by atoms with van der Waals surface area (Å²) in [5, 5.41) is 0. The van der Waals surface area contributed by atoms with Crippen molar-refractivity contribution in [3.63, 3.8) is 0 Å². The van der Waals surface area contributed by atoms with Crippen LogP contribution in [0.2, 0.25) is 0 Å². The molecule has 0 spiro atoms. The average molecular weight is 206 g/mol. The zero-order chi connectivity index (χ0) is 10.8. The predicted octanol–water partition coefficient (Wildman–Crippen LogP) is 1.01. The summed E-state index contributed by atoms with van der Waals surface area (Å²) in [6, 6.07) is 4.34. The van der Waals surface area contributed by atoms with Gasteiger partial charge in [-0.1, -0.05) is 0 Å². The number of nitrogens with zero attached hydrogens (tertiary/aromatic N) is 3. The van der Waals surface area contributed by atoms with Gasteiger partial charge in [-0.05, 0) is 19.1 Å². The first-order valence-electron chi connectivity index (χ1n) is 4.85. The van der Waals surface area contributed by atoms with Gasteiger partial charge in [-0.25, -0.2) is 4.98 Å². The summed E-state index contributed by atoms with van der Waals surface area (Å²) in [5.41, 5.74) is 7.03. The molecular weight excluding hydrogens is 192 g/mol. The smallest absolute Gasteiger partial charge is 0.299 e. The van der Waals surface area contributed by atoms with Crippen molar-refractivity contribution in [2.75, 3.05) is 18.5 Å². The molecule has 0 aliphatic heterocycles. The summed E-state index contributed by atoms with van der Waals surface area (Å²) in [7, 11) is 1.90. The Balaban J connectivity index is 2.28. The van der Waals surface area contributed by atoms with E-state index in [9.17, 15) is 0 Å². The van der Waals surface area contributed by atoms with Crippen LogP contribution in [0.4, 0.5) is 6.01 Å². The Morgan fingerprint density at radius 1 is 1.60 bits per heavy atom. The highest BCUT2D eigenvalue weighted by atomic mass is 16.4. The molecule has 0 aromatic carbocycles. The summed E-state index contributed by atoms with van der Waals surface area (Å²) in [6.45, 7) is 2.64. The lowest BCUT2D eigenvalue weighted by Crippen LogP contribution is -2.32. The van der Waals surface area contributed by atoms with Crippen molar-refractivity contribution < 1.29 is 4.42 Å². The van der Waals surface area contributed by atoms with Crippen molar-refractivity contribution in [1.82, 2.24) is 9.97 Å². The minimum Gasteiger partial charge on any atom is -0.404 e. The molecule has 0 bridgehead atoms. The SMILES string of the molecule is CC(N)CN(C)c1nc2cccnc2o1. The van der Waals surface area contributed by atoms with Gasteiger partial charge in [-0.3, -0.25) is 0 Å². The Hall–Kier alpha value is -1.62. The van der Waals surface area contributed by atoms with E-state index in [1.807, 2.05) is 31.0 Å². The molecule has 0 amide bonds. The number of anilines is 1. The molecule has 2 aromatic rings. The van der Waals surface area contributed by atoms with Crippen LogP contribution in [0.5, 0.6) is 0 Å². The second kappa shape index (κ2) is 3.86. The molecule has 0 saturated heterocycles. The fourth-order valence-electron chi connectivity index (χ4n) is 1.43. The van der Waals surface area contributed by atoms with Gasteiger partial charge in [0, 0.05) is 25.8 Å². The lowest BCUT2D eigenvalue weighted by atomic mass is 10.3. The van der Waals surface area contributed by atoms with Gasteiger partial charge < -0.3 is 15.1 Å². The summed E-state index contributed by atoms with van der Waals surface area (Å²) < 4.78 is 5.48. The van der Waals surface area contributed by atoms with Gasteiger partial charge in [-0.2, -0.15) is 4.98 Å². The summed E-state index contributed by atoms with van der Waals surface area (Å²) in [6.07, 6.45) is 1.68. The van der Waals surface area contributed by atoms with Crippen molar-refractivity contribution >= 4 is 17.2 Å². The topological polar surface area (TPSA) is 68.2 Å². The fraction of sp³-hybridized carbons (Fsp3) is 0.400. The Morgan fingerprint density at radius 3 is 3.07 bits per heavy atom. The van der Waals surface area contributed by atoms with E-state index in [0.29, 0.717) is 18.3 Å². The molecule has 80 valence electrons. The van der Waals surface area contributed by atoms with Crippen LogP contribution in [-0.4, -0.2) is 29.6 Å². The quantitative estimate of drug-likeness (QED) is 0.811. The Kier molecular flexibility index (Phi) is 2.55. The van der Waals surface area contributed by atoms with E-state index in [1.54, 1.807) is 6.20 Å². The van der Waals surface area contributed by atoms with E-state index in [1.165, 1.54) is 0 Å². The van der Waals surface area contributed by atoms with E-state index in [-0.39, 0.29) is 6.04 Å². The zero-order valence-electron chi connectivity index (χ0n) is 8.84. The number of aromatic nitrogens is 2. The lowest BCUT2D eigenvalue weighted by molar-refractivity contribution is 0.561. The number of likely N-dealkylation sites (N-methyl/N-ethyl adjacent to an activating group) is 1. The van der Waals surface area contributed by atoms with Crippen molar-refractivity contribution in [2.45, 2.75) is 13.0 Å². The molecular formula is C10H14N4O. The third-order valence-corrected chi connectivity index (χ3v) is 2.04. The van der Waals surface area contributed by atoms with Crippen LogP contribution in [0.3, 0.4) is 0 Å². The van der Waals surface area contributed by atoms with Crippen molar-refractivity contribution in [3.05, 3.63) is 18.3 Å². The monoisotopic (exact) mass is 206 g/mol. The maximum atomic E-state index is 5.70. The Morgan fingerprint density at radius 2 is 2.40 bits per heavy atom. The van der Waals surface area contributed by atoms with Gasteiger partial charge in [-0.15, -0.1) is 0 Å². The molecule has 2 heterocycles. The average Bonchev–Trinajstić information content (AvgIpc) is 2.59. The molecule has 0 aliphatic rings. The van der Waals surface area contributed by atoms with Crippen molar-refractivity contribution in [1.29, 1.82) is 0 Å². The summed E-state index contributed by atoms with van der Waals surface area (Å²) in [4.78, 5) is 10.3. The largest absolute Gasteiger partial charge is 0.404 e. The van der Waals surface area contributed by atoms with Gasteiger partial charge in [0.25, 0.3) is 6.01 Å². The third kappa shape index (κ3) is 2.07. The molecule has 5 heteroatoms. The molecule has 0 fully saturated rings. The van der Waals surface area contributed by atoms with Crippen molar-refractivity contribution in [3.8, 4) is 0 Å². The van der Waals surface area contributed by atoms with E-state index >= 15 is 0 Å². The number of hydrogen-bond acceptors (Lipinski definition) is 5. The van der Waals surface area contributed by atoms with Gasteiger partial charge in [0.2, 0.25) is 5.71 Å². The van der Waals surface area contributed by atoms with Crippen molar-refractivity contribution in [2.24, 2.45) is 5.73 Å². The molecule has 1 atom stereocenters. The molecule has 2 rings (SSSR count). The number of pyridine rings is 1. The highest BCUT2D eigenvalue weighted by Crippen LogP contribution is 2.18. The number of hydrogen-bond donors (Lipinski definition) is 1. The molecule has 15 heavy (non-hydrogen) atoms.